The van der Waals surface area contributed by atoms with Gasteiger partial charge in [0.25, 0.3) is 0 Å². The third kappa shape index (κ3) is 1.87. The molecule has 0 radical (unpaired) electrons. The van der Waals surface area contributed by atoms with E-state index in [0.29, 0.717) is 0 Å². The summed E-state index contributed by atoms with van der Waals surface area (Å²) in [6.45, 7) is 0. The number of fused-ring (bicyclic) bond motifs is 1. The second-order valence-corrected chi connectivity index (χ2v) is 5.63. The lowest BCUT2D eigenvalue weighted by Crippen LogP contribution is -2.03. The molecule has 80 valence electrons. The van der Waals surface area contributed by atoms with Gasteiger partial charge < -0.3 is 0 Å². The summed E-state index contributed by atoms with van der Waals surface area (Å²) < 4.78 is 0. The monoisotopic (exact) mass is 264 g/mol. The van der Waals surface area contributed by atoms with Gasteiger partial charge in [0, 0.05) is 5.33 Å². The fraction of sp³-hybridized carbons (Fsp3) is 0.571. The fourth-order valence-electron chi connectivity index (χ4n) is 2.81. The van der Waals surface area contributed by atoms with Gasteiger partial charge in [-0.2, -0.15) is 0 Å². The van der Waals surface area contributed by atoms with Crippen LogP contribution in [-0.4, -0.2) is 5.33 Å². The Bertz CT molecular complexity index is 366. The molecule has 1 atom stereocenters. The molecule has 1 unspecified atom stereocenters. The van der Waals surface area contributed by atoms with Gasteiger partial charge in [0.05, 0.1) is 0 Å². The van der Waals surface area contributed by atoms with E-state index in [9.17, 15) is 0 Å². The third-order valence-corrected chi connectivity index (χ3v) is 4.61. The van der Waals surface area contributed by atoms with Crippen LogP contribution in [0.3, 0.4) is 0 Å². The van der Waals surface area contributed by atoms with Gasteiger partial charge in [-0.15, -0.1) is 0 Å². The third-order valence-electron chi connectivity index (χ3n) is 3.91. The molecule has 0 bridgehead atoms. The molecule has 15 heavy (non-hydrogen) atoms. The molecule has 0 aromatic heterocycles. The Labute approximate surface area is 100 Å². The Morgan fingerprint density at radius 3 is 2.73 bits per heavy atom. The van der Waals surface area contributed by atoms with Crippen LogP contribution in [0.5, 0.6) is 0 Å². The smallest absolute Gasteiger partial charge is 0.0103 e. The summed E-state index contributed by atoms with van der Waals surface area (Å²) in [6, 6.07) is 7.22. The molecule has 1 heteroatoms. The first kappa shape index (κ1) is 9.89. The molecule has 0 amide bonds. The summed E-state index contributed by atoms with van der Waals surface area (Å²) in [4.78, 5) is 0. The van der Waals surface area contributed by atoms with Gasteiger partial charge in [-0.05, 0) is 60.6 Å². The van der Waals surface area contributed by atoms with Crippen molar-refractivity contribution in [1.82, 2.24) is 0 Å². The van der Waals surface area contributed by atoms with Gasteiger partial charge in [-0.3, -0.25) is 0 Å². The topological polar surface area (TPSA) is 0 Å². The van der Waals surface area contributed by atoms with Crippen LogP contribution in [0.25, 0.3) is 0 Å². The van der Waals surface area contributed by atoms with Gasteiger partial charge in [0.2, 0.25) is 0 Å². The van der Waals surface area contributed by atoms with E-state index in [-0.39, 0.29) is 0 Å². The maximum atomic E-state index is 3.67. The van der Waals surface area contributed by atoms with Gasteiger partial charge in [0.15, 0.2) is 0 Å². The summed E-state index contributed by atoms with van der Waals surface area (Å²) in [5.74, 6) is 1.74. The lowest BCUT2D eigenvalue weighted by atomic mass is 9.93. The maximum absolute atomic E-state index is 3.67. The molecular formula is C14H17Br. The number of alkyl halides is 1. The van der Waals surface area contributed by atoms with Crippen molar-refractivity contribution in [3.8, 4) is 0 Å². The molecule has 1 fully saturated rings. The first-order chi connectivity index (χ1) is 7.38. The van der Waals surface area contributed by atoms with Gasteiger partial charge in [-0.25, -0.2) is 0 Å². The lowest BCUT2D eigenvalue weighted by molar-refractivity contribution is 0.676. The van der Waals surface area contributed by atoms with E-state index in [2.05, 4.69) is 34.1 Å². The van der Waals surface area contributed by atoms with Gasteiger partial charge in [0.1, 0.15) is 0 Å². The van der Waals surface area contributed by atoms with Crippen molar-refractivity contribution in [3.63, 3.8) is 0 Å². The molecule has 2 aliphatic rings. The molecule has 1 saturated carbocycles. The quantitative estimate of drug-likeness (QED) is 0.723. The highest BCUT2D eigenvalue weighted by molar-refractivity contribution is 9.09. The number of halogens is 1. The van der Waals surface area contributed by atoms with Crippen LogP contribution in [0.2, 0.25) is 0 Å². The number of rotatable bonds is 3. The van der Waals surface area contributed by atoms with Crippen molar-refractivity contribution < 1.29 is 0 Å². The van der Waals surface area contributed by atoms with Crippen molar-refractivity contribution in [2.24, 2.45) is 5.92 Å². The highest BCUT2D eigenvalue weighted by Gasteiger charge is 2.31. The first-order valence-corrected chi connectivity index (χ1v) is 7.18. The van der Waals surface area contributed by atoms with Crippen LogP contribution < -0.4 is 0 Å². The molecule has 1 aromatic rings. The lowest BCUT2D eigenvalue weighted by Gasteiger charge is -2.14. The Balaban J connectivity index is 1.90. The number of aryl methyl sites for hydroxylation is 2. The minimum absolute atomic E-state index is 0.774. The van der Waals surface area contributed by atoms with E-state index >= 15 is 0 Å². The molecule has 0 nitrogen and oxygen atoms in total. The first-order valence-electron chi connectivity index (χ1n) is 6.06. The average molecular weight is 265 g/mol. The van der Waals surface area contributed by atoms with Crippen LogP contribution in [0.15, 0.2) is 18.2 Å². The van der Waals surface area contributed by atoms with Crippen LogP contribution in [0.4, 0.5) is 0 Å². The predicted molar refractivity (Wildman–Crippen MR) is 67.7 cm³/mol. The standard InChI is InChI=1S/C14H17Br/c15-9-14(11-5-6-11)13-7-4-10-2-1-3-12(10)8-13/h4,7-8,11,14H,1-3,5-6,9H2. The highest BCUT2D eigenvalue weighted by atomic mass is 79.9. The number of benzene rings is 1. The predicted octanol–water partition coefficient (Wildman–Crippen LogP) is 4.06. The summed E-state index contributed by atoms with van der Waals surface area (Å²) in [5.41, 5.74) is 4.80. The van der Waals surface area contributed by atoms with E-state index in [1.165, 1.54) is 32.1 Å². The van der Waals surface area contributed by atoms with Crippen LogP contribution >= 0.6 is 15.9 Å². The Morgan fingerprint density at radius 2 is 2.00 bits per heavy atom. The van der Waals surface area contributed by atoms with Crippen molar-refractivity contribution >= 4 is 15.9 Å². The Morgan fingerprint density at radius 1 is 1.20 bits per heavy atom. The Hall–Kier alpha value is -0.300. The molecule has 0 spiro atoms. The molecule has 0 heterocycles. The normalized spacial score (nSPS) is 21.4. The minimum Gasteiger partial charge on any atom is -0.0921 e. The summed E-state index contributed by atoms with van der Waals surface area (Å²) in [5, 5.41) is 1.14. The van der Waals surface area contributed by atoms with Crippen molar-refractivity contribution in [3.05, 3.63) is 34.9 Å². The SMILES string of the molecule is BrCC(c1ccc2c(c1)CCC2)C1CC1. The summed E-state index contributed by atoms with van der Waals surface area (Å²) in [7, 11) is 0. The second kappa shape index (κ2) is 3.93. The fourth-order valence-corrected chi connectivity index (χ4v) is 3.71. The second-order valence-electron chi connectivity index (χ2n) is 4.98. The highest BCUT2D eigenvalue weighted by Crippen LogP contribution is 2.44. The average Bonchev–Trinajstić information content (AvgIpc) is 2.97. The van der Waals surface area contributed by atoms with E-state index in [0.717, 1.165) is 17.2 Å². The molecule has 3 rings (SSSR count). The van der Waals surface area contributed by atoms with Crippen LogP contribution in [0.1, 0.15) is 41.9 Å². The van der Waals surface area contributed by atoms with Gasteiger partial charge >= 0.3 is 0 Å². The largest absolute Gasteiger partial charge is 0.0921 e. The van der Waals surface area contributed by atoms with E-state index in [1.807, 2.05) is 0 Å². The zero-order chi connectivity index (χ0) is 10.3. The zero-order valence-electron chi connectivity index (χ0n) is 9.01. The summed E-state index contributed by atoms with van der Waals surface area (Å²) in [6.07, 6.45) is 6.85. The maximum Gasteiger partial charge on any atom is 0.0103 e. The molecule has 0 N–H and O–H groups in total. The minimum atomic E-state index is 0.774. The zero-order valence-corrected chi connectivity index (χ0v) is 10.6. The number of hydrogen-bond acceptors (Lipinski definition) is 0. The van der Waals surface area contributed by atoms with Crippen molar-refractivity contribution in [2.75, 3.05) is 5.33 Å². The molecular weight excluding hydrogens is 248 g/mol. The van der Waals surface area contributed by atoms with E-state index in [4.69, 9.17) is 0 Å². The van der Waals surface area contributed by atoms with E-state index in [1.54, 1.807) is 16.7 Å². The van der Waals surface area contributed by atoms with Crippen LogP contribution in [0, 0.1) is 5.92 Å². The molecule has 2 aliphatic carbocycles. The molecule has 0 aliphatic heterocycles. The molecule has 1 aromatic carbocycles. The van der Waals surface area contributed by atoms with Crippen LogP contribution in [-0.2, 0) is 12.8 Å². The number of hydrogen-bond donors (Lipinski definition) is 0. The van der Waals surface area contributed by atoms with Crippen molar-refractivity contribution in [2.45, 2.75) is 38.0 Å². The van der Waals surface area contributed by atoms with Gasteiger partial charge in [-0.1, -0.05) is 34.1 Å². The van der Waals surface area contributed by atoms with E-state index < -0.39 is 0 Å². The van der Waals surface area contributed by atoms with Crippen molar-refractivity contribution in [1.29, 1.82) is 0 Å². The Kier molecular flexibility index (Phi) is 2.59. The molecule has 0 saturated heterocycles. The summed E-state index contributed by atoms with van der Waals surface area (Å²) >= 11 is 3.67.